The van der Waals surface area contributed by atoms with Crippen LogP contribution in [-0.2, 0) is 6.54 Å². The average Bonchev–Trinajstić information content (AvgIpc) is 3.34. The van der Waals surface area contributed by atoms with E-state index in [4.69, 9.17) is 4.74 Å². The number of carbonyl (C=O) groups is 1. The van der Waals surface area contributed by atoms with Crippen LogP contribution in [0.15, 0.2) is 60.9 Å². The molecule has 1 N–H and O–H groups in total. The number of halogens is 1. The lowest BCUT2D eigenvalue weighted by Gasteiger charge is -2.17. The highest BCUT2D eigenvalue weighted by molar-refractivity contribution is 5.95. The predicted octanol–water partition coefficient (Wildman–Crippen LogP) is 4.45. The van der Waals surface area contributed by atoms with Gasteiger partial charge in [0.15, 0.2) is 11.6 Å². The molecule has 0 bridgehead atoms. The van der Waals surface area contributed by atoms with Gasteiger partial charge in [0.2, 0.25) is 0 Å². The van der Waals surface area contributed by atoms with Gasteiger partial charge in [-0.25, -0.2) is 4.39 Å². The van der Waals surface area contributed by atoms with Gasteiger partial charge in [-0.15, -0.1) is 0 Å². The number of carbonyl (C=O) groups excluding carboxylic acids is 1. The highest BCUT2D eigenvalue weighted by atomic mass is 19.1. The Morgan fingerprint density at radius 3 is 2.69 bits per heavy atom. The minimum atomic E-state index is -0.578. The number of hydrogen-bond acceptors (Lipinski definition) is 6. The molecule has 1 aromatic heterocycles. The lowest BCUT2D eigenvalue weighted by Crippen LogP contribution is -2.24. The summed E-state index contributed by atoms with van der Waals surface area (Å²) in [4.78, 5) is 29.5. The second-order valence-corrected chi connectivity index (χ2v) is 7.39. The third kappa shape index (κ3) is 4.83. The van der Waals surface area contributed by atoms with E-state index in [0.717, 1.165) is 25.9 Å². The molecule has 164 valence electrons. The number of nitro groups is 1. The van der Waals surface area contributed by atoms with Crippen LogP contribution in [-0.4, -0.2) is 28.9 Å². The first-order valence-electron chi connectivity index (χ1n) is 10.2. The van der Waals surface area contributed by atoms with Gasteiger partial charge >= 0.3 is 0 Å². The SMILES string of the molecule is O=C(NCc1ccc(Oc2cccnc2)c(F)c1)c1ccc(N2CCCC2)c([N+](=O)[O-])c1. The monoisotopic (exact) mass is 436 g/mol. The molecule has 4 rings (SSSR count). The van der Waals surface area contributed by atoms with Crippen molar-refractivity contribution in [2.75, 3.05) is 18.0 Å². The van der Waals surface area contributed by atoms with E-state index < -0.39 is 16.6 Å². The van der Waals surface area contributed by atoms with E-state index in [2.05, 4.69) is 10.3 Å². The summed E-state index contributed by atoms with van der Waals surface area (Å²) in [6.07, 6.45) is 5.04. The summed E-state index contributed by atoms with van der Waals surface area (Å²) in [7, 11) is 0. The number of pyridine rings is 1. The summed E-state index contributed by atoms with van der Waals surface area (Å²) in [6, 6.07) is 12.2. The summed E-state index contributed by atoms with van der Waals surface area (Å²) in [5.74, 6) is -0.601. The largest absolute Gasteiger partial charge is 0.453 e. The van der Waals surface area contributed by atoms with Crippen LogP contribution >= 0.6 is 0 Å². The molecule has 0 saturated carbocycles. The second-order valence-electron chi connectivity index (χ2n) is 7.39. The topological polar surface area (TPSA) is 97.6 Å². The Hall–Kier alpha value is -4.01. The number of nitrogens with zero attached hydrogens (tertiary/aromatic N) is 3. The van der Waals surface area contributed by atoms with Gasteiger partial charge in [-0.05, 0) is 54.8 Å². The smallest absolute Gasteiger partial charge is 0.293 e. The molecule has 1 aliphatic rings. The van der Waals surface area contributed by atoms with Gasteiger partial charge in [0.05, 0.1) is 11.1 Å². The molecule has 8 nitrogen and oxygen atoms in total. The summed E-state index contributed by atoms with van der Waals surface area (Å²) >= 11 is 0. The van der Waals surface area contributed by atoms with Gasteiger partial charge in [-0.1, -0.05) is 6.07 Å². The number of hydrogen-bond donors (Lipinski definition) is 1. The molecule has 0 unspecified atom stereocenters. The molecule has 1 amide bonds. The Morgan fingerprint density at radius 2 is 2.00 bits per heavy atom. The van der Waals surface area contributed by atoms with Crippen molar-refractivity contribution in [2.24, 2.45) is 0 Å². The fraction of sp³-hybridized carbons (Fsp3) is 0.217. The molecule has 0 radical (unpaired) electrons. The zero-order chi connectivity index (χ0) is 22.5. The van der Waals surface area contributed by atoms with Crippen molar-refractivity contribution in [3.63, 3.8) is 0 Å². The molecule has 1 saturated heterocycles. The summed E-state index contributed by atoms with van der Waals surface area (Å²) in [5.41, 5.74) is 1.13. The van der Waals surface area contributed by atoms with Crippen LogP contribution in [0.1, 0.15) is 28.8 Å². The number of amides is 1. The van der Waals surface area contributed by atoms with Crippen molar-refractivity contribution in [3.05, 3.63) is 88.0 Å². The number of rotatable bonds is 7. The molecule has 0 aliphatic carbocycles. The Kier molecular flexibility index (Phi) is 6.25. The van der Waals surface area contributed by atoms with E-state index >= 15 is 0 Å². The fourth-order valence-electron chi connectivity index (χ4n) is 3.59. The van der Waals surface area contributed by atoms with Gasteiger partial charge in [-0.2, -0.15) is 0 Å². The maximum Gasteiger partial charge on any atom is 0.293 e. The Morgan fingerprint density at radius 1 is 1.19 bits per heavy atom. The lowest BCUT2D eigenvalue weighted by molar-refractivity contribution is -0.384. The first kappa shape index (κ1) is 21.2. The number of nitrogens with one attached hydrogen (secondary N) is 1. The van der Waals surface area contributed by atoms with Crippen molar-refractivity contribution in [3.8, 4) is 11.5 Å². The molecule has 0 spiro atoms. The van der Waals surface area contributed by atoms with E-state index in [1.807, 2.05) is 4.90 Å². The van der Waals surface area contributed by atoms with Crippen LogP contribution in [0.25, 0.3) is 0 Å². The van der Waals surface area contributed by atoms with E-state index in [1.54, 1.807) is 36.5 Å². The number of ether oxygens (including phenoxy) is 1. The quantitative estimate of drug-likeness (QED) is 0.434. The van der Waals surface area contributed by atoms with Crippen molar-refractivity contribution < 1.29 is 18.8 Å². The first-order chi connectivity index (χ1) is 15.5. The van der Waals surface area contributed by atoms with Crippen LogP contribution in [0.3, 0.4) is 0 Å². The van der Waals surface area contributed by atoms with Crippen LogP contribution in [0.5, 0.6) is 11.5 Å². The molecule has 1 fully saturated rings. The minimum absolute atomic E-state index is 0.0428. The molecule has 9 heteroatoms. The van der Waals surface area contributed by atoms with Crippen LogP contribution in [0, 0.1) is 15.9 Å². The first-order valence-corrected chi connectivity index (χ1v) is 10.2. The maximum absolute atomic E-state index is 14.4. The van der Waals surface area contributed by atoms with Gasteiger partial charge in [-0.3, -0.25) is 19.9 Å². The molecule has 32 heavy (non-hydrogen) atoms. The molecule has 2 heterocycles. The zero-order valence-electron chi connectivity index (χ0n) is 17.2. The van der Waals surface area contributed by atoms with Crippen LogP contribution < -0.4 is 15.0 Å². The zero-order valence-corrected chi connectivity index (χ0v) is 17.2. The third-order valence-electron chi connectivity index (χ3n) is 5.19. The normalized spacial score (nSPS) is 13.1. The van der Waals surface area contributed by atoms with E-state index in [-0.39, 0.29) is 23.5 Å². The van der Waals surface area contributed by atoms with E-state index in [1.165, 1.54) is 24.4 Å². The van der Waals surface area contributed by atoms with Gasteiger partial charge in [0, 0.05) is 37.5 Å². The van der Waals surface area contributed by atoms with Crippen LogP contribution in [0.4, 0.5) is 15.8 Å². The molecule has 3 aromatic rings. The van der Waals surface area contributed by atoms with Crippen molar-refractivity contribution in [1.82, 2.24) is 10.3 Å². The summed E-state index contributed by atoms with van der Waals surface area (Å²) < 4.78 is 19.8. The Balaban J connectivity index is 1.42. The van der Waals surface area contributed by atoms with Crippen molar-refractivity contribution in [1.29, 1.82) is 0 Å². The molecular weight excluding hydrogens is 415 g/mol. The summed E-state index contributed by atoms with van der Waals surface area (Å²) in [5, 5.41) is 14.2. The molecule has 2 aromatic carbocycles. The molecular formula is C23H21FN4O4. The number of benzene rings is 2. The predicted molar refractivity (Wildman–Crippen MR) is 116 cm³/mol. The molecule has 0 atom stereocenters. The lowest BCUT2D eigenvalue weighted by atomic mass is 10.1. The standard InChI is InChI=1S/C23H21FN4O4/c24-19-12-16(5-8-22(19)32-18-4-3-9-25-15-18)14-26-23(29)17-6-7-20(21(13-17)28(30)31)27-10-1-2-11-27/h3-9,12-13,15H,1-2,10-11,14H2,(H,26,29). The maximum atomic E-state index is 14.4. The molecule has 1 aliphatic heterocycles. The highest BCUT2D eigenvalue weighted by Crippen LogP contribution is 2.31. The minimum Gasteiger partial charge on any atom is -0.453 e. The third-order valence-corrected chi connectivity index (χ3v) is 5.19. The van der Waals surface area contributed by atoms with E-state index in [0.29, 0.717) is 17.0 Å². The van der Waals surface area contributed by atoms with Gasteiger partial charge < -0.3 is 15.0 Å². The van der Waals surface area contributed by atoms with E-state index in [9.17, 15) is 19.3 Å². The van der Waals surface area contributed by atoms with Crippen molar-refractivity contribution in [2.45, 2.75) is 19.4 Å². The number of nitro benzene ring substituents is 1. The summed E-state index contributed by atoms with van der Waals surface area (Å²) in [6.45, 7) is 1.58. The Labute approximate surface area is 183 Å². The average molecular weight is 436 g/mol. The second kappa shape index (κ2) is 9.42. The number of anilines is 1. The fourth-order valence-corrected chi connectivity index (χ4v) is 3.59. The van der Waals surface area contributed by atoms with Gasteiger partial charge in [0.1, 0.15) is 11.4 Å². The Bertz CT molecular complexity index is 1130. The van der Waals surface area contributed by atoms with Gasteiger partial charge in [0.25, 0.3) is 11.6 Å². The van der Waals surface area contributed by atoms with Crippen molar-refractivity contribution >= 4 is 17.3 Å². The number of aromatic nitrogens is 1. The highest BCUT2D eigenvalue weighted by Gasteiger charge is 2.23. The van der Waals surface area contributed by atoms with Crippen LogP contribution in [0.2, 0.25) is 0 Å².